The van der Waals surface area contributed by atoms with Gasteiger partial charge in [0.2, 0.25) is 5.91 Å². The quantitative estimate of drug-likeness (QED) is 0.750. The van der Waals surface area contributed by atoms with E-state index in [9.17, 15) is 18.8 Å². The van der Waals surface area contributed by atoms with Crippen molar-refractivity contribution in [2.24, 2.45) is 0 Å². The molecular formula is C20H21FN4O3S. The minimum absolute atomic E-state index is 0.0173. The molecule has 1 saturated heterocycles. The summed E-state index contributed by atoms with van der Waals surface area (Å²) in [6.07, 6.45) is 1.96. The van der Waals surface area contributed by atoms with Crippen LogP contribution in [0.5, 0.6) is 0 Å². The van der Waals surface area contributed by atoms with Gasteiger partial charge in [0.05, 0.1) is 5.69 Å². The maximum Gasteiger partial charge on any atom is 0.325 e. The molecule has 2 heterocycles. The predicted octanol–water partition coefficient (Wildman–Crippen LogP) is 2.91. The normalized spacial score (nSPS) is 22.6. The van der Waals surface area contributed by atoms with Crippen LogP contribution in [0.2, 0.25) is 0 Å². The average Bonchev–Trinajstić information content (AvgIpc) is 3.25. The van der Waals surface area contributed by atoms with E-state index < -0.39 is 35.7 Å². The molecule has 1 fully saturated rings. The third-order valence-electron chi connectivity index (χ3n) is 5.56. The molecule has 2 N–H and O–H groups in total. The number of fused-ring (bicyclic) bond motifs is 1. The Hall–Kier alpha value is -2.81. The fourth-order valence-electron chi connectivity index (χ4n) is 3.77. The molecule has 1 atom stereocenters. The molecule has 9 heteroatoms. The van der Waals surface area contributed by atoms with E-state index in [0.29, 0.717) is 10.7 Å². The minimum atomic E-state index is -1.35. The predicted molar refractivity (Wildman–Crippen MR) is 106 cm³/mol. The van der Waals surface area contributed by atoms with Gasteiger partial charge >= 0.3 is 6.03 Å². The van der Waals surface area contributed by atoms with Crippen molar-refractivity contribution in [2.45, 2.75) is 44.6 Å². The molecule has 2 aliphatic rings. The summed E-state index contributed by atoms with van der Waals surface area (Å²) in [4.78, 5) is 44.2. The van der Waals surface area contributed by atoms with E-state index in [1.807, 2.05) is 0 Å². The number of imide groups is 1. The topological polar surface area (TPSA) is 91.4 Å². The highest BCUT2D eigenvalue weighted by Crippen LogP contribution is 2.42. The van der Waals surface area contributed by atoms with Crippen LogP contribution in [0, 0.1) is 5.82 Å². The first-order chi connectivity index (χ1) is 13.6. The van der Waals surface area contributed by atoms with Crippen molar-refractivity contribution in [3.05, 3.63) is 46.2 Å². The van der Waals surface area contributed by atoms with Gasteiger partial charge in [-0.15, -0.1) is 11.3 Å². The van der Waals surface area contributed by atoms with Crippen LogP contribution in [-0.4, -0.2) is 34.3 Å². The number of amides is 4. The Morgan fingerprint density at radius 2 is 1.97 bits per heavy atom. The number of nitrogens with one attached hydrogen (secondary N) is 2. The summed E-state index contributed by atoms with van der Waals surface area (Å²) >= 11 is 1.43. The third kappa shape index (κ3) is 3.29. The molecule has 4 rings (SSSR count). The van der Waals surface area contributed by atoms with E-state index in [-0.39, 0.29) is 5.41 Å². The van der Waals surface area contributed by atoms with Gasteiger partial charge in [-0.2, -0.15) is 0 Å². The SMILES string of the molecule is CC1(C)CCc2sc(NC(=O)CN3C(=O)NC(C)(c4ccc(F)cc4)C3=O)nc21. The van der Waals surface area contributed by atoms with Gasteiger partial charge in [-0.3, -0.25) is 14.5 Å². The van der Waals surface area contributed by atoms with Gasteiger partial charge in [-0.05, 0) is 37.5 Å². The zero-order valence-corrected chi connectivity index (χ0v) is 17.2. The third-order valence-corrected chi connectivity index (χ3v) is 6.59. The number of aryl methyl sites for hydroxylation is 1. The van der Waals surface area contributed by atoms with Crippen LogP contribution >= 0.6 is 11.3 Å². The van der Waals surface area contributed by atoms with Crippen molar-refractivity contribution in [3.63, 3.8) is 0 Å². The first-order valence-corrected chi connectivity index (χ1v) is 10.1. The molecule has 152 valence electrons. The van der Waals surface area contributed by atoms with Crippen molar-refractivity contribution in [2.75, 3.05) is 11.9 Å². The van der Waals surface area contributed by atoms with Gasteiger partial charge in [-0.25, -0.2) is 14.2 Å². The largest absolute Gasteiger partial charge is 0.325 e. The number of carbonyl (C=O) groups excluding carboxylic acids is 3. The van der Waals surface area contributed by atoms with Crippen molar-refractivity contribution in [1.82, 2.24) is 15.2 Å². The van der Waals surface area contributed by atoms with Crippen molar-refractivity contribution in [3.8, 4) is 0 Å². The number of anilines is 1. The van der Waals surface area contributed by atoms with Gasteiger partial charge in [0.25, 0.3) is 5.91 Å². The smallest absolute Gasteiger partial charge is 0.319 e. The van der Waals surface area contributed by atoms with E-state index >= 15 is 0 Å². The Bertz CT molecular complexity index is 1020. The second-order valence-corrected chi connectivity index (χ2v) is 9.26. The molecule has 2 aromatic rings. The molecule has 1 aromatic heterocycles. The molecule has 29 heavy (non-hydrogen) atoms. The summed E-state index contributed by atoms with van der Waals surface area (Å²) < 4.78 is 13.2. The number of thiazole rings is 1. The van der Waals surface area contributed by atoms with Crippen LogP contribution in [0.3, 0.4) is 0 Å². The van der Waals surface area contributed by atoms with E-state index in [1.54, 1.807) is 0 Å². The Morgan fingerprint density at radius 1 is 1.28 bits per heavy atom. The number of hydrogen-bond acceptors (Lipinski definition) is 5. The Labute approximate surface area is 171 Å². The van der Waals surface area contributed by atoms with Crippen molar-refractivity contribution < 1.29 is 18.8 Å². The molecule has 1 aromatic carbocycles. The first kappa shape index (κ1) is 19.5. The maximum atomic E-state index is 13.2. The second kappa shape index (κ2) is 6.62. The van der Waals surface area contributed by atoms with E-state index in [4.69, 9.17) is 0 Å². The number of nitrogens with zero attached hydrogens (tertiary/aromatic N) is 2. The van der Waals surface area contributed by atoms with Gasteiger partial charge in [0, 0.05) is 10.3 Å². The summed E-state index contributed by atoms with van der Waals surface area (Å²) in [7, 11) is 0. The fraction of sp³-hybridized carbons (Fsp3) is 0.400. The summed E-state index contributed by atoms with van der Waals surface area (Å²) in [5.41, 5.74) is 0.0732. The van der Waals surface area contributed by atoms with Crippen LogP contribution in [0.25, 0.3) is 0 Å². The highest BCUT2D eigenvalue weighted by Gasteiger charge is 2.49. The molecular weight excluding hydrogens is 395 g/mol. The molecule has 1 unspecified atom stereocenters. The van der Waals surface area contributed by atoms with Gasteiger partial charge in [0.1, 0.15) is 17.9 Å². The van der Waals surface area contributed by atoms with Gasteiger partial charge in [-0.1, -0.05) is 26.0 Å². The molecule has 4 amide bonds. The number of aromatic nitrogens is 1. The highest BCUT2D eigenvalue weighted by atomic mass is 32.1. The Morgan fingerprint density at radius 3 is 2.62 bits per heavy atom. The molecule has 1 aliphatic heterocycles. The molecule has 0 bridgehead atoms. The summed E-state index contributed by atoms with van der Waals surface area (Å²) in [5.74, 6) is -1.50. The van der Waals surface area contributed by atoms with Crippen LogP contribution in [-0.2, 0) is 27.0 Å². The number of rotatable bonds is 4. The number of urea groups is 1. The summed E-state index contributed by atoms with van der Waals surface area (Å²) in [6, 6.07) is 4.66. The number of halogens is 1. The standard InChI is InChI=1S/C20H21FN4O3S/c1-19(2)9-8-13-15(19)23-17(29-13)22-14(26)10-25-16(27)20(3,24-18(25)28)11-4-6-12(21)7-5-11/h4-7H,8-10H2,1-3H3,(H,24,28)(H,22,23,26). The molecule has 0 radical (unpaired) electrons. The Balaban J connectivity index is 1.47. The number of carbonyl (C=O) groups is 3. The lowest BCUT2D eigenvalue weighted by atomic mass is 9.91. The van der Waals surface area contributed by atoms with E-state index in [1.165, 1.54) is 42.5 Å². The van der Waals surface area contributed by atoms with Crippen LogP contribution in [0.4, 0.5) is 14.3 Å². The van der Waals surface area contributed by atoms with Crippen molar-refractivity contribution in [1.29, 1.82) is 0 Å². The number of benzene rings is 1. The van der Waals surface area contributed by atoms with E-state index in [0.717, 1.165) is 28.3 Å². The highest BCUT2D eigenvalue weighted by molar-refractivity contribution is 7.16. The van der Waals surface area contributed by atoms with Crippen molar-refractivity contribution >= 4 is 34.3 Å². The minimum Gasteiger partial charge on any atom is -0.319 e. The van der Waals surface area contributed by atoms with E-state index in [2.05, 4.69) is 29.5 Å². The summed E-state index contributed by atoms with van der Waals surface area (Å²) in [6.45, 7) is 5.35. The first-order valence-electron chi connectivity index (χ1n) is 9.30. The summed E-state index contributed by atoms with van der Waals surface area (Å²) in [5, 5.41) is 5.77. The molecule has 1 aliphatic carbocycles. The van der Waals surface area contributed by atoms with Crippen LogP contribution in [0.15, 0.2) is 24.3 Å². The Kier molecular flexibility index (Phi) is 4.45. The van der Waals surface area contributed by atoms with Crippen LogP contribution in [0.1, 0.15) is 43.3 Å². The lowest BCUT2D eigenvalue weighted by molar-refractivity contribution is -0.133. The van der Waals surface area contributed by atoms with Crippen LogP contribution < -0.4 is 10.6 Å². The second-order valence-electron chi connectivity index (χ2n) is 8.18. The lowest BCUT2D eigenvalue weighted by Crippen LogP contribution is -2.42. The lowest BCUT2D eigenvalue weighted by Gasteiger charge is -2.22. The molecule has 0 spiro atoms. The molecule has 0 saturated carbocycles. The maximum absolute atomic E-state index is 13.2. The van der Waals surface area contributed by atoms with Gasteiger partial charge < -0.3 is 10.6 Å². The average molecular weight is 416 g/mol. The fourth-order valence-corrected chi connectivity index (χ4v) is 4.93. The number of hydrogen-bond donors (Lipinski definition) is 2. The molecule has 7 nitrogen and oxygen atoms in total. The van der Waals surface area contributed by atoms with Gasteiger partial charge in [0.15, 0.2) is 5.13 Å². The zero-order chi connectivity index (χ0) is 21.0. The zero-order valence-electron chi connectivity index (χ0n) is 16.3. The monoisotopic (exact) mass is 416 g/mol.